The number of hydrogen-bond donors (Lipinski definition) is 1. The molecule has 0 amide bonds. The summed E-state index contributed by atoms with van der Waals surface area (Å²) in [6.07, 6.45) is 0. The number of rotatable bonds is 7. The highest BCUT2D eigenvalue weighted by Crippen LogP contribution is 2.12. The van der Waals surface area contributed by atoms with Gasteiger partial charge in [-0.25, -0.2) is 0 Å². The summed E-state index contributed by atoms with van der Waals surface area (Å²) in [5.41, 5.74) is 0.878. The standard InChI is InChI=1S/C13H18N2O4/c1-3-19-13(16)10(2)8-14-9-11-5-4-6-12(7-11)15(17)18/h4-7,10,14H,3,8-9H2,1-2H3. The van der Waals surface area contributed by atoms with Gasteiger partial charge in [-0.1, -0.05) is 19.1 Å². The number of esters is 1. The van der Waals surface area contributed by atoms with Gasteiger partial charge in [0.15, 0.2) is 0 Å². The van der Waals surface area contributed by atoms with E-state index in [-0.39, 0.29) is 17.6 Å². The van der Waals surface area contributed by atoms with Crippen LogP contribution in [0.25, 0.3) is 0 Å². The molecule has 0 saturated heterocycles. The van der Waals surface area contributed by atoms with Gasteiger partial charge in [-0.05, 0) is 12.5 Å². The number of nitrogens with one attached hydrogen (secondary N) is 1. The number of carbonyl (C=O) groups excluding carboxylic acids is 1. The Labute approximate surface area is 111 Å². The van der Waals surface area contributed by atoms with Crippen LogP contribution >= 0.6 is 0 Å². The molecule has 0 aliphatic heterocycles. The molecule has 1 aromatic carbocycles. The molecule has 0 aromatic heterocycles. The summed E-state index contributed by atoms with van der Waals surface area (Å²) in [4.78, 5) is 21.6. The van der Waals surface area contributed by atoms with Crippen molar-refractivity contribution in [3.05, 3.63) is 39.9 Å². The van der Waals surface area contributed by atoms with Gasteiger partial charge in [0.1, 0.15) is 0 Å². The smallest absolute Gasteiger partial charge is 0.309 e. The maximum atomic E-state index is 11.4. The lowest BCUT2D eigenvalue weighted by atomic mass is 10.1. The molecule has 0 bridgehead atoms. The summed E-state index contributed by atoms with van der Waals surface area (Å²) in [5.74, 6) is -0.479. The first kappa shape index (κ1) is 15.1. The Morgan fingerprint density at radius 3 is 2.89 bits per heavy atom. The Kier molecular flexibility index (Phi) is 5.95. The highest BCUT2D eigenvalue weighted by atomic mass is 16.6. The number of nitro groups is 1. The SMILES string of the molecule is CCOC(=O)C(C)CNCc1cccc([N+](=O)[O-])c1. The van der Waals surface area contributed by atoms with Gasteiger partial charge < -0.3 is 10.1 Å². The molecule has 1 N–H and O–H groups in total. The van der Waals surface area contributed by atoms with E-state index < -0.39 is 4.92 Å². The summed E-state index contributed by atoms with van der Waals surface area (Å²) in [6, 6.07) is 6.41. The number of non-ortho nitro benzene ring substituents is 1. The van der Waals surface area contributed by atoms with Crippen LogP contribution in [0, 0.1) is 16.0 Å². The predicted octanol–water partition coefficient (Wildman–Crippen LogP) is 1.88. The van der Waals surface area contributed by atoms with Gasteiger partial charge in [-0.2, -0.15) is 0 Å². The molecule has 104 valence electrons. The number of nitro benzene ring substituents is 1. The highest BCUT2D eigenvalue weighted by Gasteiger charge is 2.13. The third-order valence-corrected chi connectivity index (χ3v) is 2.59. The van der Waals surface area contributed by atoms with Crippen molar-refractivity contribution >= 4 is 11.7 Å². The molecule has 0 aliphatic carbocycles. The van der Waals surface area contributed by atoms with Crippen molar-refractivity contribution in [2.24, 2.45) is 5.92 Å². The number of carbonyl (C=O) groups is 1. The predicted molar refractivity (Wildman–Crippen MR) is 70.6 cm³/mol. The van der Waals surface area contributed by atoms with Gasteiger partial charge in [0.05, 0.1) is 17.4 Å². The molecule has 19 heavy (non-hydrogen) atoms. The van der Waals surface area contributed by atoms with E-state index in [4.69, 9.17) is 4.74 Å². The van der Waals surface area contributed by atoms with Crippen LogP contribution in [0.15, 0.2) is 24.3 Å². The first-order chi connectivity index (χ1) is 9.04. The lowest BCUT2D eigenvalue weighted by molar-refractivity contribution is -0.384. The summed E-state index contributed by atoms with van der Waals surface area (Å²) in [7, 11) is 0. The lowest BCUT2D eigenvalue weighted by Crippen LogP contribution is -2.27. The second-order valence-corrected chi connectivity index (χ2v) is 4.21. The van der Waals surface area contributed by atoms with Crippen LogP contribution in [0.1, 0.15) is 19.4 Å². The molecule has 6 heteroatoms. The monoisotopic (exact) mass is 266 g/mol. The van der Waals surface area contributed by atoms with E-state index in [9.17, 15) is 14.9 Å². The average molecular weight is 266 g/mol. The van der Waals surface area contributed by atoms with Gasteiger partial charge in [-0.3, -0.25) is 14.9 Å². The molecule has 1 unspecified atom stereocenters. The molecule has 0 spiro atoms. The van der Waals surface area contributed by atoms with E-state index in [1.807, 2.05) is 0 Å². The fourth-order valence-corrected chi connectivity index (χ4v) is 1.58. The zero-order valence-electron chi connectivity index (χ0n) is 11.1. The molecule has 6 nitrogen and oxygen atoms in total. The van der Waals surface area contributed by atoms with E-state index in [0.29, 0.717) is 19.7 Å². The second-order valence-electron chi connectivity index (χ2n) is 4.21. The van der Waals surface area contributed by atoms with Crippen molar-refractivity contribution in [2.75, 3.05) is 13.2 Å². The Morgan fingerprint density at radius 1 is 1.53 bits per heavy atom. The zero-order chi connectivity index (χ0) is 14.3. The zero-order valence-corrected chi connectivity index (χ0v) is 11.1. The normalized spacial score (nSPS) is 11.9. The largest absolute Gasteiger partial charge is 0.466 e. The number of hydrogen-bond acceptors (Lipinski definition) is 5. The maximum absolute atomic E-state index is 11.4. The molecule has 1 rings (SSSR count). The van der Waals surface area contributed by atoms with Crippen LogP contribution in [0.2, 0.25) is 0 Å². The topological polar surface area (TPSA) is 81.5 Å². The van der Waals surface area contributed by atoms with Crippen molar-refractivity contribution in [1.29, 1.82) is 0 Å². The van der Waals surface area contributed by atoms with Crippen LogP contribution in [0.5, 0.6) is 0 Å². The number of benzene rings is 1. The summed E-state index contributed by atoms with van der Waals surface area (Å²) < 4.78 is 4.89. The molecule has 0 fully saturated rings. The van der Waals surface area contributed by atoms with Gasteiger partial charge in [0.2, 0.25) is 0 Å². The number of ether oxygens (including phenoxy) is 1. The van der Waals surface area contributed by atoms with Crippen molar-refractivity contribution in [1.82, 2.24) is 5.32 Å². The average Bonchev–Trinajstić information content (AvgIpc) is 2.39. The third kappa shape index (κ3) is 5.05. The molecule has 0 heterocycles. The van der Waals surface area contributed by atoms with Crippen LogP contribution < -0.4 is 5.32 Å². The van der Waals surface area contributed by atoms with E-state index in [2.05, 4.69) is 5.32 Å². The fourth-order valence-electron chi connectivity index (χ4n) is 1.58. The van der Waals surface area contributed by atoms with E-state index >= 15 is 0 Å². The third-order valence-electron chi connectivity index (χ3n) is 2.59. The molecule has 0 saturated carbocycles. The summed E-state index contributed by atoms with van der Waals surface area (Å²) >= 11 is 0. The Bertz CT molecular complexity index is 448. The first-order valence-electron chi connectivity index (χ1n) is 6.15. The Morgan fingerprint density at radius 2 is 2.26 bits per heavy atom. The van der Waals surface area contributed by atoms with Gasteiger partial charge in [0, 0.05) is 25.2 Å². The van der Waals surface area contributed by atoms with Crippen molar-refractivity contribution in [2.45, 2.75) is 20.4 Å². The van der Waals surface area contributed by atoms with Gasteiger partial charge in [0.25, 0.3) is 5.69 Å². The highest BCUT2D eigenvalue weighted by molar-refractivity contribution is 5.72. The van der Waals surface area contributed by atoms with Crippen LogP contribution in [-0.4, -0.2) is 24.0 Å². The van der Waals surface area contributed by atoms with Crippen LogP contribution in [0.4, 0.5) is 5.69 Å². The maximum Gasteiger partial charge on any atom is 0.309 e. The second kappa shape index (κ2) is 7.48. The van der Waals surface area contributed by atoms with E-state index in [0.717, 1.165) is 5.56 Å². The van der Waals surface area contributed by atoms with Crippen molar-refractivity contribution < 1.29 is 14.5 Å². The minimum atomic E-state index is -0.426. The molecular weight excluding hydrogens is 248 g/mol. The van der Waals surface area contributed by atoms with E-state index in [1.54, 1.807) is 26.0 Å². The fraction of sp³-hybridized carbons (Fsp3) is 0.462. The Balaban J connectivity index is 2.43. The van der Waals surface area contributed by atoms with Crippen LogP contribution in [0.3, 0.4) is 0 Å². The van der Waals surface area contributed by atoms with E-state index in [1.165, 1.54) is 12.1 Å². The summed E-state index contributed by atoms with van der Waals surface area (Å²) in [5, 5.41) is 13.7. The first-order valence-corrected chi connectivity index (χ1v) is 6.15. The molecule has 1 atom stereocenters. The van der Waals surface area contributed by atoms with Crippen LogP contribution in [-0.2, 0) is 16.1 Å². The van der Waals surface area contributed by atoms with Gasteiger partial charge >= 0.3 is 5.97 Å². The van der Waals surface area contributed by atoms with Crippen molar-refractivity contribution in [3.63, 3.8) is 0 Å². The Hall–Kier alpha value is -1.95. The van der Waals surface area contributed by atoms with Crippen molar-refractivity contribution in [3.8, 4) is 0 Å². The molecule has 0 radical (unpaired) electrons. The van der Waals surface area contributed by atoms with Gasteiger partial charge in [-0.15, -0.1) is 0 Å². The number of nitrogens with zero attached hydrogens (tertiary/aromatic N) is 1. The quantitative estimate of drug-likeness (QED) is 0.463. The molecule has 0 aliphatic rings. The minimum absolute atomic E-state index is 0.0674. The lowest BCUT2D eigenvalue weighted by Gasteiger charge is -2.11. The minimum Gasteiger partial charge on any atom is -0.466 e. The summed E-state index contributed by atoms with van der Waals surface area (Å²) in [6.45, 7) is 4.86. The molecule has 1 aromatic rings. The molecular formula is C13H18N2O4.